The average Bonchev–Trinajstić information content (AvgIpc) is 3.26. The fourth-order valence-electron chi connectivity index (χ4n) is 5.68. The fourth-order valence-corrected chi connectivity index (χ4v) is 5.68. The SMILES string of the molecule is Cc1c(CN2CCN(C(=O)OC(C)(C)C)CC2)cc([B-](F)(F)F)cc1NC(=O)OCC1c2ccccc2-c2ccccc21. The van der Waals surface area contributed by atoms with Gasteiger partial charge >= 0.3 is 19.2 Å². The summed E-state index contributed by atoms with van der Waals surface area (Å²) in [5.74, 6) is -0.168. The largest absolute Gasteiger partial charge is 0.509 e. The van der Waals surface area contributed by atoms with Crippen LogP contribution in [0.15, 0.2) is 60.7 Å². The van der Waals surface area contributed by atoms with E-state index in [1.54, 1.807) is 32.6 Å². The van der Waals surface area contributed by atoms with Crippen LogP contribution in [0.2, 0.25) is 0 Å². The van der Waals surface area contributed by atoms with Crippen molar-refractivity contribution in [1.29, 1.82) is 0 Å². The Hall–Kier alpha value is -3.99. The third-order valence-corrected chi connectivity index (χ3v) is 7.91. The molecule has 228 valence electrons. The number of fused-ring (bicyclic) bond motifs is 3. The Kier molecular flexibility index (Phi) is 8.47. The zero-order chi connectivity index (χ0) is 30.9. The van der Waals surface area contributed by atoms with Crippen LogP contribution in [0.3, 0.4) is 0 Å². The number of anilines is 1. The Morgan fingerprint density at radius 2 is 1.51 bits per heavy atom. The van der Waals surface area contributed by atoms with Gasteiger partial charge in [0.15, 0.2) is 0 Å². The van der Waals surface area contributed by atoms with Crippen molar-refractivity contribution in [2.45, 2.75) is 45.8 Å². The number of halogens is 3. The van der Waals surface area contributed by atoms with Crippen LogP contribution in [0, 0.1) is 6.92 Å². The van der Waals surface area contributed by atoms with Crippen molar-refractivity contribution >= 4 is 30.3 Å². The molecule has 3 aromatic carbocycles. The van der Waals surface area contributed by atoms with Crippen LogP contribution < -0.4 is 10.8 Å². The highest BCUT2D eigenvalue weighted by Gasteiger charge is 2.31. The van der Waals surface area contributed by atoms with E-state index in [4.69, 9.17) is 9.47 Å². The van der Waals surface area contributed by atoms with Gasteiger partial charge in [0.05, 0.1) is 0 Å². The molecule has 1 saturated heterocycles. The lowest BCUT2D eigenvalue weighted by Gasteiger charge is -2.36. The van der Waals surface area contributed by atoms with Crippen LogP contribution in [-0.2, 0) is 16.0 Å². The molecule has 1 heterocycles. The highest BCUT2D eigenvalue weighted by Crippen LogP contribution is 2.44. The molecule has 0 unspecified atom stereocenters. The van der Waals surface area contributed by atoms with Crippen LogP contribution in [0.1, 0.15) is 48.9 Å². The number of carbonyl (C=O) groups excluding carboxylic acids is 2. The molecule has 2 amide bonds. The van der Waals surface area contributed by atoms with Gasteiger partial charge in [0.25, 0.3) is 0 Å². The molecule has 0 spiro atoms. The van der Waals surface area contributed by atoms with Crippen molar-refractivity contribution < 1.29 is 32.0 Å². The number of nitrogens with one attached hydrogen (secondary N) is 1. The molecule has 0 atom stereocenters. The summed E-state index contributed by atoms with van der Waals surface area (Å²) in [6, 6.07) is 18.0. The number of amides is 2. The molecule has 0 bridgehead atoms. The highest BCUT2D eigenvalue weighted by atomic mass is 19.4. The monoisotopic (exact) mass is 594 g/mol. The maximum Gasteiger partial charge on any atom is 0.509 e. The third-order valence-electron chi connectivity index (χ3n) is 7.91. The van der Waals surface area contributed by atoms with Gasteiger partial charge in [0.2, 0.25) is 0 Å². The summed E-state index contributed by atoms with van der Waals surface area (Å²) >= 11 is 0. The molecule has 7 nitrogen and oxygen atoms in total. The Labute approximate surface area is 250 Å². The predicted molar refractivity (Wildman–Crippen MR) is 162 cm³/mol. The van der Waals surface area contributed by atoms with Crippen molar-refractivity contribution in [2.24, 2.45) is 0 Å². The summed E-state index contributed by atoms with van der Waals surface area (Å²) in [4.78, 5) is 28.9. The molecule has 11 heteroatoms. The standard InChI is InChI=1S/C32H36BF3N3O4/c1-21-22(19-38-13-15-39(16-14-38)31(41)43-32(2,3)4)17-23(33(34,35)36)18-29(21)37-30(40)42-20-28-26-11-7-5-9-24(26)25-10-6-8-12-27(25)28/h5-12,17-18,28H,13-16,19-20H2,1-4H3,(H,37,40)/q-1. The Morgan fingerprint density at radius 3 is 2.07 bits per heavy atom. The Balaban J connectivity index is 1.27. The van der Waals surface area contributed by atoms with E-state index in [1.165, 1.54) is 0 Å². The summed E-state index contributed by atoms with van der Waals surface area (Å²) in [7, 11) is 0. The van der Waals surface area contributed by atoms with Gasteiger partial charge in [-0.3, -0.25) is 10.2 Å². The molecule has 1 aliphatic heterocycles. The van der Waals surface area contributed by atoms with E-state index in [-0.39, 0.29) is 24.8 Å². The topological polar surface area (TPSA) is 71.1 Å². The molecular weight excluding hydrogens is 558 g/mol. The van der Waals surface area contributed by atoms with Gasteiger partial charge in [0.1, 0.15) is 12.2 Å². The summed E-state index contributed by atoms with van der Waals surface area (Å²) in [5, 5.41) is 2.58. The minimum atomic E-state index is -5.31. The molecule has 1 aliphatic carbocycles. The molecule has 5 rings (SSSR count). The Bertz CT molecular complexity index is 1470. The lowest BCUT2D eigenvalue weighted by Crippen LogP contribution is -2.49. The summed E-state index contributed by atoms with van der Waals surface area (Å²) in [6.07, 6.45) is -1.21. The van der Waals surface area contributed by atoms with Crippen molar-refractivity contribution in [2.75, 3.05) is 38.1 Å². The second-order valence-electron chi connectivity index (χ2n) is 12.1. The van der Waals surface area contributed by atoms with Gasteiger partial charge in [-0.25, -0.2) is 9.59 Å². The van der Waals surface area contributed by atoms with Crippen LogP contribution in [0.4, 0.5) is 28.2 Å². The number of benzene rings is 3. The van der Waals surface area contributed by atoms with E-state index in [0.717, 1.165) is 34.4 Å². The molecule has 3 aromatic rings. The van der Waals surface area contributed by atoms with E-state index >= 15 is 0 Å². The normalized spacial score (nSPS) is 15.6. The molecule has 0 radical (unpaired) electrons. The fraction of sp³-hybridized carbons (Fsp3) is 0.375. The second-order valence-corrected chi connectivity index (χ2v) is 12.1. The van der Waals surface area contributed by atoms with Crippen molar-refractivity contribution in [3.8, 4) is 11.1 Å². The minimum absolute atomic E-state index is 0.0522. The van der Waals surface area contributed by atoms with Gasteiger partial charge in [-0.05, 0) is 61.1 Å². The first-order chi connectivity index (χ1) is 20.3. The van der Waals surface area contributed by atoms with Gasteiger partial charge in [-0.15, -0.1) is 5.46 Å². The van der Waals surface area contributed by atoms with Gasteiger partial charge in [-0.1, -0.05) is 60.7 Å². The van der Waals surface area contributed by atoms with E-state index in [0.29, 0.717) is 37.3 Å². The van der Waals surface area contributed by atoms with Gasteiger partial charge in [0, 0.05) is 44.3 Å². The summed E-state index contributed by atoms with van der Waals surface area (Å²) < 4.78 is 52.9. The maximum atomic E-state index is 14.0. The molecule has 1 N–H and O–H groups in total. The predicted octanol–water partition coefficient (Wildman–Crippen LogP) is 6.46. The third kappa shape index (κ3) is 6.99. The summed E-state index contributed by atoms with van der Waals surface area (Å²) in [5.41, 5.74) is 3.91. The molecule has 43 heavy (non-hydrogen) atoms. The molecular formula is C32H36BF3N3O4-. The number of piperazine rings is 1. The number of hydrogen-bond acceptors (Lipinski definition) is 5. The first-order valence-electron chi connectivity index (χ1n) is 14.5. The average molecular weight is 594 g/mol. The van der Waals surface area contributed by atoms with Crippen LogP contribution in [0.25, 0.3) is 11.1 Å². The zero-order valence-electron chi connectivity index (χ0n) is 24.8. The van der Waals surface area contributed by atoms with Crippen LogP contribution >= 0.6 is 0 Å². The first kappa shape index (κ1) is 30.5. The van der Waals surface area contributed by atoms with Crippen LogP contribution in [-0.4, -0.2) is 67.4 Å². The molecule has 0 saturated carbocycles. The lowest BCUT2D eigenvalue weighted by molar-refractivity contribution is 0.0139. The quantitative estimate of drug-likeness (QED) is 0.332. The molecule has 1 fully saturated rings. The maximum absolute atomic E-state index is 14.0. The lowest BCUT2D eigenvalue weighted by atomic mass is 9.78. The minimum Gasteiger partial charge on any atom is -0.448 e. The number of nitrogens with zero attached hydrogens (tertiary/aromatic N) is 2. The molecule has 0 aromatic heterocycles. The Morgan fingerprint density at radius 1 is 0.930 bits per heavy atom. The van der Waals surface area contributed by atoms with E-state index in [9.17, 15) is 22.5 Å². The van der Waals surface area contributed by atoms with E-state index in [1.807, 2.05) is 53.4 Å². The van der Waals surface area contributed by atoms with Crippen molar-refractivity contribution in [3.63, 3.8) is 0 Å². The van der Waals surface area contributed by atoms with Crippen molar-refractivity contribution in [3.05, 3.63) is 82.9 Å². The van der Waals surface area contributed by atoms with E-state index in [2.05, 4.69) is 5.32 Å². The van der Waals surface area contributed by atoms with Crippen molar-refractivity contribution in [1.82, 2.24) is 9.80 Å². The number of ether oxygens (including phenoxy) is 2. The van der Waals surface area contributed by atoms with Gasteiger partial charge in [-0.2, -0.15) is 0 Å². The molecule has 2 aliphatic rings. The highest BCUT2D eigenvalue weighted by molar-refractivity contribution is 6.73. The second kappa shape index (κ2) is 12.0. The number of rotatable bonds is 6. The van der Waals surface area contributed by atoms with E-state index < -0.39 is 30.2 Å². The summed E-state index contributed by atoms with van der Waals surface area (Å²) in [6.45, 7) is 3.84. The first-order valence-corrected chi connectivity index (χ1v) is 14.5. The number of carbonyl (C=O) groups is 2. The smallest absolute Gasteiger partial charge is 0.448 e. The van der Waals surface area contributed by atoms with Gasteiger partial charge < -0.3 is 27.3 Å². The van der Waals surface area contributed by atoms with Crippen LogP contribution in [0.5, 0.6) is 0 Å². The zero-order valence-corrected chi connectivity index (χ0v) is 24.8. The number of hydrogen-bond donors (Lipinski definition) is 1.